The number of ether oxygens (including phenoxy) is 5. The maximum atomic E-state index is 13.4. The molecule has 10 nitrogen and oxygen atoms in total. The van der Waals surface area contributed by atoms with E-state index in [4.69, 9.17) is 23.7 Å². The first-order valence-corrected chi connectivity index (χ1v) is 12.0. The number of ketones is 1. The van der Waals surface area contributed by atoms with Gasteiger partial charge in [0.15, 0.2) is 23.6 Å². The van der Waals surface area contributed by atoms with E-state index in [1.807, 2.05) is 6.92 Å². The summed E-state index contributed by atoms with van der Waals surface area (Å²) in [5.74, 6) is -2.35. The van der Waals surface area contributed by atoms with Crippen LogP contribution in [0.25, 0.3) is 0 Å². The molecule has 0 aromatic heterocycles. The van der Waals surface area contributed by atoms with E-state index in [-0.39, 0.29) is 18.8 Å². The normalized spacial score (nSPS) is 45.4. The van der Waals surface area contributed by atoms with E-state index in [0.29, 0.717) is 24.0 Å². The highest BCUT2D eigenvalue weighted by molar-refractivity contribution is 5.99. The van der Waals surface area contributed by atoms with Crippen molar-refractivity contribution >= 4 is 23.9 Å². The van der Waals surface area contributed by atoms with E-state index < -0.39 is 70.5 Å². The van der Waals surface area contributed by atoms with Crippen LogP contribution in [0.1, 0.15) is 60.8 Å². The summed E-state index contributed by atoms with van der Waals surface area (Å²) in [6.07, 6.45) is -3.94. The van der Waals surface area contributed by atoms with E-state index >= 15 is 0 Å². The summed E-state index contributed by atoms with van der Waals surface area (Å²) in [5, 5.41) is 11.9. The molecule has 192 valence electrons. The summed E-state index contributed by atoms with van der Waals surface area (Å²) in [4.78, 5) is 51.0. The van der Waals surface area contributed by atoms with Crippen LogP contribution in [0.4, 0.5) is 4.79 Å². The maximum Gasteiger partial charge on any atom is 0.509 e. The Kier molecular flexibility index (Phi) is 5.05. The number of carbonyl (C=O) groups excluding carboxylic acids is 4. The van der Waals surface area contributed by atoms with Gasteiger partial charge in [-0.25, -0.2) is 4.79 Å². The molecule has 8 atom stereocenters. The van der Waals surface area contributed by atoms with E-state index in [0.717, 1.165) is 0 Å². The lowest BCUT2D eigenvalue weighted by atomic mass is 9.45. The molecule has 2 bridgehead atoms. The van der Waals surface area contributed by atoms with Crippen molar-refractivity contribution < 1.29 is 48.0 Å². The van der Waals surface area contributed by atoms with Crippen molar-refractivity contribution in [3.8, 4) is 0 Å². The second kappa shape index (κ2) is 7.29. The number of esters is 2. The average Bonchev–Trinajstić information content (AvgIpc) is 3.04. The first kappa shape index (κ1) is 24.2. The summed E-state index contributed by atoms with van der Waals surface area (Å²) in [6, 6.07) is 0. The lowest BCUT2D eigenvalue weighted by Crippen LogP contribution is -2.78. The molecular weight excluding hydrogens is 460 g/mol. The molecular formula is C25H32O10. The fourth-order valence-electron chi connectivity index (χ4n) is 7.66. The summed E-state index contributed by atoms with van der Waals surface area (Å²) < 4.78 is 29.2. The van der Waals surface area contributed by atoms with Gasteiger partial charge in [0.1, 0.15) is 11.7 Å². The fourth-order valence-corrected chi connectivity index (χ4v) is 7.66. The highest BCUT2D eigenvalue weighted by atomic mass is 16.8. The van der Waals surface area contributed by atoms with Gasteiger partial charge in [-0.05, 0) is 30.9 Å². The number of allylic oxidation sites excluding steroid dienone is 1. The third kappa shape index (κ3) is 2.95. The van der Waals surface area contributed by atoms with Crippen molar-refractivity contribution in [2.45, 2.75) is 96.4 Å². The Morgan fingerprint density at radius 2 is 1.74 bits per heavy atom. The number of carbonyl (C=O) groups is 4. The molecule has 35 heavy (non-hydrogen) atoms. The molecule has 5 aliphatic rings. The van der Waals surface area contributed by atoms with Gasteiger partial charge in [0.2, 0.25) is 0 Å². The molecule has 5 rings (SSSR count). The Labute approximate surface area is 203 Å². The van der Waals surface area contributed by atoms with Crippen molar-refractivity contribution in [1.82, 2.24) is 0 Å². The summed E-state index contributed by atoms with van der Waals surface area (Å²) in [7, 11) is 0. The number of fused-ring (bicyclic) bond motifs is 5. The molecule has 10 heteroatoms. The molecule has 1 N–H and O–H groups in total. The molecule has 1 spiro atoms. The Bertz CT molecular complexity index is 1060. The minimum absolute atomic E-state index is 0.0107. The third-order valence-electron chi connectivity index (χ3n) is 9.29. The van der Waals surface area contributed by atoms with Gasteiger partial charge in [-0.1, -0.05) is 20.8 Å². The first-order valence-electron chi connectivity index (χ1n) is 12.0. The van der Waals surface area contributed by atoms with Crippen LogP contribution in [0.15, 0.2) is 11.1 Å². The van der Waals surface area contributed by atoms with Crippen molar-refractivity contribution in [1.29, 1.82) is 0 Å². The van der Waals surface area contributed by atoms with E-state index in [1.165, 1.54) is 13.8 Å². The average molecular weight is 493 g/mol. The van der Waals surface area contributed by atoms with Crippen LogP contribution in [-0.2, 0) is 38.1 Å². The predicted molar refractivity (Wildman–Crippen MR) is 117 cm³/mol. The molecule has 2 saturated carbocycles. The van der Waals surface area contributed by atoms with Crippen LogP contribution in [0, 0.1) is 16.7 Å². The lowest BCUT2D eigenvalue weighted by Gasteiger charge is -2.66. The zero-order valence-electron chi connectivity index (χ0n) is 20.8. The molecule has 0 aromatic rings. The van der Waals surface area contributed by atoms with Crippen LogP contribution < -0.4 is 0 Å². The van der Waals surface area contributed by atoms with E-state index in [2.05, 4.69) is 0 Å². The maximum absolute atomic E-state index is 13.4. The van der Waals surface area contributed by atoms with Crippen LogP contribution in [-0.4, -0.2) is 71.2 Å². The topological polar surface area (TPSA) is 135 Å². The van der Waals surface area contributed by atoms with Crippen LogP contribution >= 0.6 is 0 Å². The van der Waals surface area contributed by atoms with Crippen molar-refractivity contribution in [2.24, 2.45) is 16.7 Å². The van der Waals surface area contributed by atoms with Gasteiger partial charge in [0.05, 0.1) is 19.1 Å². The second-order valence-electron chi connectivity index (χ2n) is 11.4. The molecule has 0 unspecified atom stereocenters. The number of aliphatic hydroxyl groups is 1. The lowest BCUT2D eigenvalue weighted by molar-refractivity contribution is -0.335. The van der Waals surface area contributed by atoms with Crippen LogP contribution in [0.5, 0.6) is 0 Å². The Balaban J connectivity index is 1.85. The summed E-state index contributed by atoms with van der Waals surface area (Å²) >= 11 is 0. The zero-order valence-corrected chi connectivity index (χ0v) is 20.8. The molecule has 2 aliphatic heterocycles. The van der Waals surface area contributed by atoms with Crippen LogP contribution in [0.3, 0.4) is 0 Å². The second-order valence-corrected chi connectivity index (χ2v) is 11.4. The molecule has 0 amide bonds. The minimum Gasteiger partial charge on any atom is -0.458 e. The zero-order chi connectivity index (χ0) is 25.7. The smallest absolute Gasteiger partial charge is 0.458 e. The molecule has 2 saturated heterocycles. The minimum atomic E-state index is -1.46. The molecule has 0 aromatic carbocycles. The first-order chi connectivity index (χ1) is 16.2. The van der Waals surface area contributed by atoms with Crippen molar-refractivity contribution in [3.05, 3.63) is 11.1 Å². The number of Topliss-reactive ketones (excluding diaryl/α,β-unsaturated/α-hetero) is 1. The SMILES string of the molecule is CC(=O)O[C@@H]1C2=C(C)C(=O)C[C@]3(OC(=O)O[C@H]3[C@H]3[C@@](C)(CC[C@@H]4OC[C@]43O)[C@H]1OC(C)=O)C2(C)C. The Morgan fingerprint density at radius 1 is 1.09 bits per heavy atom. The van der Waals surface area contributed by atoms with Gasteiger partial charge < -0.3 is 28.8 Å². The van der Waals surface area contributed by atoms with Gasteiger partial charge in [-0.15, -0.1) is 0 Å². The molecule has 0 radical (unpaired) electrons. The monoisotopic (exact) mass is 492 g/mol. The molecule has 4 fully saturated rings. The standard InChI is InChI=1S/C25H32O10/c1-11-14(28)9-25-20(34-21(29)35-25)18-23(6,8-7-15-24(18,30)10-31-15)19(33-13(3)27)17(32-12(2)26)16(11)22(25,4)5/h15,17-20,30H,7-10H2,1-6H3/t15-,17+,18-,19-,20-,23+,24-,25+/m0/s1. The van der Waals surface area contributed by atoms with E-state index in [1.54, 1.807) is 20.8 Å². The third-order valence-corrected chi connectivity index (χ3v) is 9.29. The predicted octanol–water partition coefficient (Wildman–Crippen LogP) is 2.00. The van der Waals surface area contributed by atoms with Gasteiger partial charge in [-0.3, -0.25) is 14.4 Å². The highest BCUT2D eigenvalue weighted by Crippen LogP contribution is 2.66. The van der Waals surface area contributed by atoms with Gasteiger partial charge in [-0.2, -0.15) is 0 Å². The Morgan fingerprint density at radius 3 is 2.31 bits per heavy atom. The van der Waals surface area contributed by atoms with E-state index in [9.17, 15) is 24.3 Å². The fraction of sp³-hybridized carbons (Fsp3) is 0.760. The largest absolute Gasteiger partial charge is 0.509 e. The van der Waals surface area contributed by atoms with Crippen molar-refractivity contribution in [3.63, 3.8) is 0 Å². The van der Waals surface area contributed by atoms with Crippen molar-refractivity contribution in [2.75, 3.05) is 6.61 Å². The Hall–Kier alpha value is -2.46. The summed E-state index contributed by atoms with van der Waals surface area (Å²) in [6.45, 7) is 9.60. The summed E-state index contributed by atoms with van der Waals surface area (Å²) in [5.41, 5.74) is -4.19. The quantitative estimate of drug-likeness (QED) is 0.450. The number of hydrogen-bond donors (Lipinski definition) is 1. The molecule has 3 aliphatic carbocycles. The number of hydrogen-bond acceptors (Lipinski definition) is 10. The highest BCUT2D eigenvalue weighted by Gasteiger charge is 2.78. The van der Waals surface area contributed by atoms with Gasteiger partial charge >= 0.3 is 18.1 Å². The number of rotatable bonds is 2. The van der Waals surface area contributed by atoms with Gasteiger partial charge in [0, 0.05) is 30.6 Å². The van der Waals surface area contributed by atoms with Crippen LogP contribution in [0.2, 0.25) is 0 Å². The van der Waals surface area contributed by atoms with Gasteiger partial charge in [0.25, 0.3) is 0 Å². The molecule has 2 heterocycles.